The van der Waals surface area contributed by atoms with Gasteiger partial charge in [-0.15, -0.1) is 0 Å². The zero-order valence-corrected chi connectivity index (χ0v) is 25.2. The van der Waals surface area contributed by atoms with Crippen molar-refractivity contribution in [2.45, 2.75) is 98.4 Å². The summed E-state index contributed by atoms with van der Waals surface area (Å²) in [5.41, 5.74) is 6.23. The van der Waals surface area contributed by atoms with E-state index in [2.05, 4.69) is 56.1 Å². The normalized spacial score (nSPS) is 16.6. The van der Waals surface area contributed by atoms with Crippen LogP contribution in [0.2, 0.25) is 0 Å². The molecule has 0 saturated carbocycles. The molecule has 0 saturated heterocycles. The van der Waals surface area contributed by atoms with Crippen LogP contribution in [-0.2, 0) is 22.4 Å². The van der Waals surface area contributed by atoms with E-state index in [9.17, 15) is 14.7 Å². The van der Waals surface area contributed by atoms with Crippen LogP contribution in [0.4, 0.5) is 5.69 Å². The Labute approximate surface area is 240 Å². The topological polar surface area (TPSA) is 82.0 Å². The Bertz CT molecular complexity index is 1220. The van der Waals surface area contributed by atoms with Crippen LogP contribution in [0.1, 0.15) is 102 Å². The van der Waals surface area contributed by atoms with E-state index in [1.165, 1.54) is 5.56 Å². The second-order valence-electron chi connectivity index (χ2n) is 10.9. The number of carbonyl (C=O) groups is 2. The van der Waals surface area contributed by atoms with Crippen LogP contribution >= 0.6 is 0 Å². The molecule has 2 aromatic rings. The molecule has 216 valence electrons. The fraction of sp³-hybridized carbons (Fsp3) is 0.500. The lowest BCUT2D eigenvalue weighted by atomic mass is 9.82. The summed E-state index contributed by atoms with van der Waals surface area (Å²) in [5, 5.41) is 12.8. The minimum Gasteiger partial charge on any atom is -0.481 e. The smallest absolute Gasteiger partial charge is 0.307 e. The molecule has 3 unspecified atom stereocenters. The van der Waals surface area contributed by atoms with Crippen molar-refractivity contribution in [2.24, 2.45) is 10.9 Å². The predicted octanol–water partition coefficient (Wildman–Crippen LogP) is 7.58. The molecule has 0 radical (unpaired) electrons. The summed E-state index contributed by atoms with van der Waals surface area (Å²) >= 11 is 0. The van der Waals surface area contributed by atoms with Crippen molar-refractivity contribution in [1.29, 1.82) is 0 Å². The Balaban J connectivity index is 1.99. The number of unbranched alkanes of at least 4 members (excludes halogenated alkanes) is 2. The Hall–Kier alpha value is -3.41. The average Bonchev–Trinajstić information content (AvgIpc) is 2.94. The van der Waals surface area contributed by atoms with Crippen molar-refractivity contribution in [3.8, 4) is 0 Å². The summed E-state index contributed by atoms with van der Waals surface area (Å²) in [6.07, 6.45) is 8.60. The average molecular weight is 546 g/mol. The lowest BCUT2D eigenvalue weighted by molar-refractivity contribution is -0.142. The molecular formula is C34H47N3O3. The van der Waals surface area contributed by atoms with Crippen molar-refractivity contribution >= 4 is 23.4 Å². The van der Waals surface area contributed by atoms with E-state index in [1.807, 2.05) is 44.2 Å². The number of carboxylic acid groups (broad SMARTS) is 1. The first-order valence-electron chi connectivity index (χ1n) is 15.0. The van der Waals surface area contributed by atoms with Crippen molar-refractivity contribution < 1.29 is 14.7 Å². The van der Waals surface area contributed by atoms with Crippen molar-refractivity contribution in [3.05, 3.63) is 76.5 Å². The maximum atomic E-state index is 13.4. The standard InChI is InChI=1S/C34H47N3O3/c1-7-11-12-20-37-23(5)21-31(33(38)35-28-17-14-25(9-3)15-18-28)36-32(37)27-16-19-30(26(22-27)13-8-2)24(6)29(10-4)34(39)40/h14-19,21-22,24,29,31H,7-13,20H2,1-6H3,(H,35,38)(H,39,40). The second kappa shape index (κ2) is 14.8. The summed E-state index contributed by atoms with van der Waals surface area (Å²) in [7, 11) is 0. The molecule has 1 aliphatic rings. The number of amides is 1. The van der Waals surface area contributed by atoms with Gasteiger partial charge in [0, 0.05) is 23.5 Å². The molecule has 2 aromatic carbocycles. The van der Waals surface area contributed by atoms with E-state index in [1.54, 1.807) is 0 Å². The molecule has 6 nitrogen and oxygen atoms in total. The number of aryl methyl sites for hydroxylation is 2. The van der Waals surface area contributed by atoms with E-state index < -0.39 is 17.9 Å². The van der Waals surface area contributed by atoms with Gasteiger partial charge in [0.2, 0.25) is 0 Å². The molecule has 40 heavy (non-hydrogen) atoms. The molecule has 1 heterocycles. The first-order valence-corrected chi connectivity index (χ1v) is 15.0. The number of aliphatic imine (C=N–C) groups is 1. The summed E-state index contributed by atoms with van der Waals surface area (Å²) in [5.74, 6) is -0.616. The number of aliphatic carboxylic acids is 1. The second-order valence-corrected chi connectivity index (χ2v) is 10.9. The van der Waals surface area contributed by atoms with Gasteiger partial charge in [-0.2, -0.15) is 0 Å². The molecule has 3 rings (SSSR count). The molecule has 1 aliphatic heterocycles. The number of carbonyl (C=O) groups excluding carboxylic acids is 1. The summed E-state index contributed by atoms with van der Waals surface area (Å²) < 4.78 is 0. The van der Waals surface area contributed by atoms with E-state index in [0.29, 0.717) is 6.42 Å². The first kappa shape index (κ1) is 31.1. The van der Waals surface area contributed by atoms with E-state index >= 15 is 0 Å². The number of amidine groups is 1. The summed E-state index contributed by atoms with van der Waals surface area (Å²) in [6, 6.07) is 13.6. The predicted molar refractivity (Wildman–Crippen MR) is 165 cm³/mol. The highest BCUT2D eigenvalue weighted by molar-refractivity contribution is 6.05. The summed E-state index contributed by atoms with van der Waals surface area (Å²) in [6.45, 7) is 13.3. The van der Waals surface area contributed by atoms with Crippen molar-refractivity contribution in [3.63, 3.8) is 0 Å². The highest BCUT2D eigenvalue weighted by Crippen LogP contribution is 2.32. The van der Waals surface area contributed by atoms with Gasteiger partial charge < -0.3 is 15.3 Å². The molecule has 0 fully saturated rings. The number of hydrogen-bond donors (Lipinski definition) is 2. The minimum absolute atomic E-state index is 0.0914. The third-order valence-corrected chi connectivity index (χ3v) is 8.00. The van der Waals surface area contributed by atoms with E-state index in [0.717, 1.165) is 79.0 Å². The Morgan fingerprint density at radius 2 is 1.75 bits per heavy atom. The zero-order valence-electron chi connectivity index (χ0n) is 25.2. The quantitative estimate of drug-likeness (QED) is 0.240. The zero-order chi connectivity index (χ0) is 29.2. The Morgan fingerprint density at radius 1 is 1.02 bits per heavy atom. The molecular weight excluding hydrogens is 498 g/mol. The van der Waals surface area contributed by atoms with Gasteiger partial charge in [0.05, 0.1) is 5.92 Å². The number of nitrogens with zero attached hydrogens (tertiary/aromatic N) is 2. The van der Waals surface area contributed by atoms with Gasteiger partial charge >= 0.3 is 5.97 Å². The van der Waals surface area contributed by atoms with Gasteiger partial charge in [0.15, 0.2) is 6.04 Å². The maximum Gasteiger partial charge on any atom is 0.307 e. The molecule has 0 spiro atoms. The number of hydrogen-bond acceptors (Lipinski definition) is 4. The fourth-order valence-corrected chi connectivity index (χ4v) is 5.56. The molecule has 6 heteroatoms. The molecule has 2 N–H and O–H groups in total. The Kier molecular flexibility index (Phi) is 11.5. The first-order chi connectivity index (χ1) is 19.2. The summed E-state index contributed by atoms with van der Waals surface area (Å²) in [4.78, 5) is 32.5. The number of carboxylic acids is 1. The van der Waals surface area contributed by atoms with Gasteiger partial charge in [-0.1, -0.05) is 78.1 Å². The van der Waals surface area contributed by atoms with Crippen molar-refractivity contribution in [1.82, 2.24) is 4.90 Å². The minimum atomic E-state index is -0.751. The van der Waals surface area contributed by atoms with Gasteiger partial charge in [-0.25, -0.2) is 4.99 Å². The highest BCUT2D eigenvalue weighted by Gasteiger charge is 2.29. The number of allylic oxidation sites excluding steroid dienone is 1. The highest BCUT2D eigenvalue weighted by atomic mass is 16.4. The number of nitrogens with one attached hydrogen (secondary N) is 1. The molecule has 0 aromatic heterocycles. The molecule has 0 bridgehead atoms. The van der Waals surface area contributed by atoms with Gasteiger partial charge in [-0.3, -0.25) is 9.59 Å². The van der Waals surface area contributed by atoms with Crippen LogP contribution in [0.15, 0.2) is 59.2 Å². The maximum absolute atomic E-state index is 13.4. The van der Waals surface area contributed by atoms with E-state index in [4.69, 9.17) is 4.99 Å². The fourth-order valence-electron chi connectivity index (χ4n) is 5.56. The molecule has 3 atom stereocenters. The SMILES string of the molecule is CCCCCN1C(C)=CC(C(=O)Nc2ccc(CC)cc2)N=C1c1ccc(C(C)C(CC)C(=O)O)c(CCC)c1. The van der Waals surface area contributed by atoms with Gasteiger partial charge in [0.25, 0.3) is 5.91 Å². The lowest BCUT2D eigenvalue weighted by Gasteiger charge is -2.33. The third-order valence-electron chi connectivity index (χ3n) is 8.00. The lowest BCUT2D eigenvalue weighted by Crippen LogP contribution is -2.39. The largest absolute Gasteiger partial charge is 0.481 e. The van der Waals surface area contributed by atoms with Crippen molar-refractivity contribution in [2.75, 3.05) is 11.9 Å². The monoisotopic (exact) mass is 545 g/mol. The molecule has 1 amide bonds. The molecule has 0 aliphatic carbocycles. The Morgan fingerprint density at radius 3 is 2.35 bits per heavy atom. The number of rotatable bonds is 14. The van der Waals surface area contributed by atoms with Crippen LogP contribution in [0.25, 0.3) is 0 Å². The van der Waals surface area contributed by atoms with Gasteiger partial charge in [-0.05, 0) is 79.5 Å². The third kappa shape index (κ3) is 7.61. The van der Waals surface area contributed by atoms with E-state index in [-0.39, 0.29) is 11.8 Å². The van der Waals surface area contributed by atoms with Gasteiger partial charge in [0.1, 0.15) is 5.84 Å². The number of anilines is 1. The number of benzene rings is 2. The van der Waals surface area contributed by atoms with Crippen LogP contribution in [0.3, 0.4) is 0 Å². The van der Waals surface area contributed by atoms with Crippen LogP contribution in [0, 0.1) is 5.92 Å². The van der Waals surface area contributed by atoms with Crippen LogP contribution < -0.4 is 5.32 Å². The van der Waals surface area contributed by atoms with Crippen LogP contribution in [0.5, 0.6) is 0 Å². The van der Waals surface area contributed by atoms with Crippen LogP contribution in [-0.4, -0.2) is 40.3 Å².